The quantitative estimate of drug-likeness (QED) is 0.412. The molecule has 0 radical (unpaired) electrons. The first-order valence-corrected chi connectivity index (χ1v) is 9.00. The molecule has 0 saturated carbocycles. The molecule has 2 aromatic carbocycles. The Labute approximate surface area is 160 Å². The monoisotopic (exact) mass is 390 g/mol. The van der Waals surface area contributed by atoms with Gasteiger partial charge in [0.05, 0.1) is 39.4 Å². The zero-order valence-corrected chi connectivity index (χ0v) is 15.4. The number of nitrogens with zero attached hydrogens (tertiary/aromatic N) is 1. The predicted octanol–water partition coefficient (Wildman–Crippen LogP) is 5.74. The maximum atomic E-state index is 11.6. The lowest BCUT2D eigenvalue weighted by Crippen LogP contribution is -2.30. The second kappa shape index (κ2) is 6.49. The average Bonchev–Trinajstić information content (AvgIpc) is 3.12. The fourth-order valence-electron chi connectivity index (χ4n) is 4.03. The maximum Gasteiger partial charge on any atom is 0.275 e. The molecule has 1 aliphatic carbocycles. The number of ether oxygens (including phenoxy) is 1. The summed E-state index contributed by atoms with van der Waals surface area (Å²) in [5.41, 5.74) is 2.47. The second-order valence-electron chi connectivity index (χ2n) is 6.48. The van der Waals surface area contributed by atoms with Gasteiger partial charge in [0, 0.05) is 12.0 Å². The van der Waals surface area contributed by atoms with E-state index in [1.54, 1.807) is 19.2 Å². The van der Waals surface area contributed by atoms with Crippen LogP contribution in [0, 0.1) is 16.0 Å². The van der Waals surface area contributed by atoms with Crippen LogP contribution >= 0.6 is 23.2 Å². The third kappa shape index (κ3) is 2.63. The minimum atomic E-state index is -0.331. The molecule has 0 saturated heterocycles. The molecule has 0 spiro atoms. The molecular formula is C19H16Cl2N2O3. The molecule has 0 fully saturated rings. The Bertz CT molecular complexity index is 929. The summed E-state index contributed by atoms with van der Waals surface area (Å²) in [7, 11) is 1.56. The van der Waals surface area contributed by atoms with E-state index >= 15 is 0 Å². The van der Waals surface area contributed by atoms with Crippen molar-refractivity contribution in [2.45, 2.75) is 18.4 Å². The lowest BCUT2D eigenvalue weighted by Gasteiger charge is -2.37. The summed E-state index contributed by atoms with van der Waals surface area (Å²) in [6.07, 6.45) is 4.97. The highest BCUT2D eigenvalue weighted by molar-refractivity contribution is 6.42. The lowest BCUT2D eigenvalue weighted by molar-refractivity contribution is -0.385. The Kier molecular flexibility index (Phi) is 4.29. The third-order valence-corrected chi connectivity index (χ3v) is 5.92. The van der Waals surface area contributed by atoms with Crippen molar-refractivity contribution < 1.29 is 9.66 Å². The predicted molar refractivity (Wildman–Crippen MR) is 102 cm³/mol. The lowest BCUT2D eigenvalue weighted by atomic mass is 9.76. The van der Waals surface area contributed by atoms with E-state index < -0.39 is 0 Å². The Morgan fingerprint density at radius 3 is 2.73 bits per heavy atom. The van der Waals surface area contributed by atoms with Crippen LogP contribution in [-0.2, 0) is 0 Å². The second-order valence-corrected chi connectivity index (χ2v) is 7.30. The standard InChI is InChI=1S/C19H16Cl2N2O3/c1-26-16-8-7-15(23(24)25)17-11-3-2-4-12(11)18(22-19(16)17)10-5-6-13(20)14(21)9-10/h2-3,5-9,11-12,18,22H,4H2,1H3/t11-,12-,18-/m1/s1. The fraction of sp³-hybridized carbons (Fsp3) is 0.263. The van der Waals surface area contributed by atoms with E-state index in [4.69, 9.17) is 27.9 Å². The van der Waals surface area contributed by atoms with Crippen LogP contribution in [0.5, 0.6) is 5.75 Å². The van der Waals surface area contributed by atoms with Crippen molar-refractivity contribution >= 4 is 34.6 Å². The van der Waals surface area contributed by atoms with Crippen LogP contribution in [0.15, 0.2) is 42.5 Å². The summed E-state index contributed by atoms with van der Waals surface area (Å²) in [5, 5.41) is 16.0. The van der Waals surface area contributed by atoms with Gasteiger partial charge in [0.15, 0.2) is 0 Å². The van der Waals surface area contributed by atoms with Crippen LogP contribution < -0.4 is 10.1 Å². The molecule has 1 aliphatic heterocycles. The summed E-state index contributed by atoms with van der Waals surface area (Å²) in [6, 6.07) is 8.67. The first kappa shape index (κ1) is 17.2. The van der Waals surface area contributed by atoms with Crippen molar-refractivity contribution in [3.8, 4) is 5.75 Å². The molecule has 0 bridgehead atoms. The number of hydrogen-bond donors (Lipinski definition) is 1. The Morgan fingerprint density at radius 2 is 2.04 bits per heavy atom. The van der Waals surface area contributed by atoms with Crippen LogP contribution in [-0.4, -0.2) is 12.0 Å². The number of allylic oxidation sites excluding steroid dienone is 2. The topological polar surface area (TPSA) is 64.4 Å². The van der Waals surface area contributed by atoms with E-state index in [2.05, 4.69) is 17.5 Å². The van der Waals surface area contributed by atoms with Crippen molar-refractivity contribution in [3.63, 3.8) is 0 Å². The molecule has 0 amide bonds. The molecule has 26 heavy (non-hydrogen) atoms. The van der Waals surface area contributed by atoms with E-state index in [-0.39, 0.29) is 28.5 Å². The number of hydrogen-bond acceptors (Lipinski definition) is 4. The van der Waals surface area contributed by atoms with E-state index in [1.807, 2.05) is 12.1 Å². The minimum absolute atomic E-state index is 0.0480. The molecule has 3 atom stereocenters. The number of rotatable bonds is 3. The third-order valence-electron chi connectivity index (χ3n) is 5.18. The van der Waals surface area contributed by atoms with Gasteiger partial charge in [-0.25, -0.2) is 0 Å². The Morgan fingerprint density at radius 1 is 1.23 bits per heavy atom. The highest BCUT2D eigenvalue weighted by Gasteiger charge is 2.42. The maximum absolute atomic E-state index is 11.6. The average molecular weight is 391 g/mol. The van der Waals surface area contributed by atoms with Crippen LogP contribution in [0.25, 0.3) is 0 Å². The van der Waals surface area contributed by atoms with Gasteiger partial charge >= 0.3 is 0 Å². The van der Waals surface area contributed by atoms with Gasteiger partial charge in [0.1, 0.15) is 5.75 Å². The van der Waals surface area contributed by atoms with Crippen LogP contribution in [0.4, 0.5) is 11.4 Å². The highest BCUT2D eigenvalue weighted by Crippen LogP contribution is 2.55. The molecule has 0 unspecified atom stereocenters. The molecule has 1 heterocycles. The van der Waals surface area contributed by atoms with Crippen molar-refractivity contribution in [1.29, 1.82) is 0 Å². The normalized spacial score (nSPS) is 23.1. The Balaban J connectivity index is 1.88. The molecule has 134 valence electrons. The van der Waals surface area contributed by atoms with Gasteiger partial charge in [0.2, 0.25) is 0 Å². The smallest absolute Gasteiger partial charge is 0.275 e. The fourth-order valence-corrected chi connectivity index (χ4v) is 4.33. The molecule has 7 heteroatoms. The number of benzene rings is 2. The number of fused-ring (bicyclic) bond motifs is 3. The molecule has 0 aromatic heterocycles. The number of nitro benzene ring substituents is 1. The molecule has 1 N–H and O–H groups in total. The van der Waals surface area contributed by atoms with E-state index in [1.165, 1.54) is 6.07 Å². The van der Waals surface area contributed by atoms with Crippen molar-refractivity contribution in [3.05, 3.63) is 73.8 Å². The van der Waals surface area contributed by atoms with Crippen LogP contribution in [0.1, 0.15) is 29.5 Å². The number of methoxy groups -OCH3 is 1. The first-order valence-electron chi connectivity index (χ1n) is 8.24. The summed E-state index contributed by atoms with van der Waals surface area (Å²) in [6.45, 7) is 0. The van der Waals surface area contributed by atoms with E-state index in [9.17, 15) is 10.1 Å². The van der Waals surface area contributed by atoms with E-state index in [0.717, 1.165) is 12.0 Å². The first-order chi connectivity index (χ1) is 12.5. The molecule has 2 aromatic rings. The van der Waals surface area contributed by atoms with Gasteiger partial charge in [0.25, 0.3) is 5.69 Å². The Hall–Kier alpha value is -2.24. The van der Waals surface area contributed by atoms with Crippen LogP contribution in [0.2, 0.25) is 10.0 Å². The zero-order valence-electron chi connectivity index (χ0n) is 13.9. The van der Waals surface area contributed by atoms with Gasteiger partial charge in [-0.2, -0.15) is 0 Å². The van der Waals surface area contributed by atoms with Crippen molar-refractivity contribution in [2.24, 2.45) is 5.92 Å². The van der Waals surface area contributed by atoms with Gasteiger partial charge in [-0.1, -0.05) is 41.4 Å². The highest BCUT2D eigenvalue weighted by atomic mass is 35.5. The summed E-state index contributed by atoms with van der Waals surface area (Å²) in [5.74, 6) is 0.696. The van der Waals surface area contributed by atoms with E-state index in [0.29, 0.717) is 27.0 Å². The number of halogens is 2. The molecular weight excluding hydrogens is 375 g/mol. The van der Waals surface area contributed by atoms with Crippen molar-refractivity contribution in [2.75, 3.05) is 12.4 Å². The molecule has 2 aliphatic rings. The summed E-state index contributed by atoms with van der Waals surface area (Å²) in [4.78, 5) is 11.2. The molecule has 4 rings (SSSR count). The number of nitrogens with one attached hydrogen (secondary N) is 1. The molecule has 5 nitrogen and oxygen atoms in total. The SMILES string of the molecule is COc1ccc([N+](=O)[O-])c2c1N[C@H](c1ccc(Cl)c(Cl)c1)[C@@H]1CC=C[C@@H]21. The van der Waals surface area contributed by atoms with Gasteiger partial charge in [-0.05, 0) is 36.1 Å². The summed E-state index contributed by atoms with van der Waals surface area (Å²) < 4.78 is 5.47. The van der Waals surface area contributed by atoms with Gasteiger partial charge < -0.3 is 10.1 Å². The van der Waals surface area contributed by atoms with Gasteiger partial charge in [-0.3, -0.25) is 10.1 Å². The minimum Gasteiger partial charge on any atom is -0.495 e. The van der Waals surface area contributed by atoms with Crippen LogP contribution in [0.3, 0.4) is 0 Å². The van der Waals surface area contributed by atoms with Gasteiger partial charge in [-0.15, -0.1) is 0 Å². The zero-order chi connectivity index (χ0) is 18.4. The number of anilines is 1. The summed E-state index contributed by atoms with van der Waals surface area (Å²) >= 11 is 12.3. The van der Waals surface area contributed by atoms with Crippen molar-refractivity contribution in [1.82, 2.24) is 0 Å². The number of nitro groups is 1. The largest absolute Gasteiger partial charge is 0.495 e.